The molecule has 0 radical (unpaired) electrons. The highest BCUT2D eigenvalue weighted by molar-refractivity contribution is 9.10. The van der Waals surface area contributed by atoms with Crippen LogP contribution in [0.3, 0.4) is 0 Å². The minimum atomic E-state index is -0.959. The average Bonchev–Trinajstić information content (AvgIpc) is 2.91. The van der Waals surface area contributed by atoms with Gasteiger partial charge in [-0.1, -0.05) is 34.1 Å². The monoisotopic (exact) mass is 403 g/mol. The third kappa shape index (κ3) is 3.39. The Balaban J connectivity index is 1.77. The van der Waals surface area contributed by atoms with Gasteiger partial charge in [0.05, 0.1) is 0 Å². The van der Waals surface area contributed by atoms with E-state index in [4.69, 9.17) is 4.74 Å². The number of para-hydroxylation sites is 1. The van der Waals surface area contributed by atoms with Gasteiger partial charge in [0.15, 0.2) is 6.10 Å². The fourth-order valence-electron chi connectivity index (χ4n) is 3.04. The summed E-state index contributed by atoms with van der Waals surface area (Å²) in [5.41, 5.74) is 1.98. The number of phenolic OH excluding ortho intramolecular Hbond substituents is 1. The first kappa shape index (κ1) is 17.5. The number of phenols is 1. The molecule has 130 valence electrons. The van der Waals surface area contributed by atoms with Gasteiger partial charge in [0.25, 0.3) is 5.91 Å². The summed E-state index contributed by atoms with van der Waals surface area (Å²) in [7, 11) is 0. The lowest BCUT2D eigenvalue weighted by Gasteiger charge is -2.26. The van der Waals surface area contributed by atoms with Crippen molar-refractivity contribution < 1.29 is 19.4 Å². The zero-order chi connectivity index (χ0) is 18.1. The average molecular weight is 404 g/mol. The number of anilines is 1. The molecule has 3 rings (SSSR count). The summed E-state index contributed by atoms with van der Waals surface area (Å²) in [5, 5.41) is 9.82. The van der Waals surface area contributed by atoms with Gasteiger partial charge in [0.1, 0.15) is 11.3 Å². The Morgan fingerprint density at radius 3 is 2.76 bits per heavy atom. The van der Waals surface area contributed by atoms with Crippen molar-refractivity contribution in [2.45, 2.75) is 32.4 Å². The molecule has 0 aromatic heterocycles. The second-order valence-electron chi connectivity index (χ2n) is 6.10. The smallest absolute Gasteiger partial charge is 0.342 e. The first-order valence-corrected chi connectivity index (χ1v) is 8.78. The minimum absolute atomic E-state index is 0.00493. The van der Waals surface area contributed by atoms with Crippen molar-refractivity contribution >= 4 is 33.5 Å². The quantitative estimate of drug-likeness (QED) is 0.793. The number of esters is 1. The Morgan fingerprint density at radius 1 is 1.28 bits per heavy atom. The third-order valence-corrected chi connectivity index (χ3v) is 4.75. The molecular formula is C19H18BrNO4. The molecule has 0 fully saturated rings. The number of carbonyl (C=O) groups excluding carboxylic acids is 2. The van der Waals surface area contributed by atoms with E-state index in [1.54, 1.807) is 17.9 Å². The topological polar surface area (TPSA) is 66.8 Å². The standard InChI is InChI=1S/C19H18BrNO4/c1-11-9-13-5-3-4-6-16(13)21(11)18(23)12(2)25-19(24)15-10-14(20)7-8-17(15)22/h3-8,10-12,22H,9H2,1-2H3/t11-,12+/m1/s1. The van der Waals surface area contributed by atoms with E-state index in [0.717, 1.165) is 17.7 Å². The first-order valence-electron chi connectivity index (χ1n) is 7.99. The molecule has 1 N–H and O–H groups in total. The molecule has 1 aliphatic heterocycles. The highest BCUT2D eigenvalue weighted by Gasteiger charge is 2.34. The molecule has 0 saturated heterocycles. The van der Waals surface area contributed by atoms with Crippen LogP contribution in [-0.2, 0) is 16.0 Å². The van der Waals surface area contributed by atoms with Gasteiger partial charge in [-0.15, -0.1) is 0 Å². The van der Waals surface area contributed by atoms with Gasteiger partial charge in [0, 0.05) is 16.2 Å². The normalized spacial score (nSPS) is 17.1. The van der Waals surface area contributed by atoms with E-state index in [2.05, 4.69) is 15.9 Å². The number of halogens is 1. The van der Waals surface area contributed by atoms with Crippen molar-refractivity contribution in [3.8, 4) is 5.75 Å². The molecule has 0 unspecified atom stereocenters. The van der Waals surface area contributed by atoms with Crippen molar-refractivity contribution in [1.82, 2.24) is 0 Å². The second-order valence-corrected chi connectivity index (χ2v) is 7.01. The van der Waals surface area contributed by atoms with Crippen molar-refractivity contribution in [3.63, 3.8) is 0 Å². The van der Waals surface area contributed by atoms with Crippen LogP contribution in [0, 0.1) is 0 Å². The van der Waals surface area contributed by atoms with Crippen molar-refractivity contribution in [3.05, 3.63) is 58.1 Å². The van der Waals surface area contributed by atoms with E-state index in [1.807, 2.05) is 31.2 Å². The Bertz CT molecular complexity index is 836. The fourth-order valence-corrected chi connectivity index (χ4v) is 3.40. The summed E-state index contributed by atoms with van der Waals surface area (Å²) in [4.78, 5) is 26.8. The van der Waals surface area contributed by atoms with E-state index in [0.29, 0.717) is 4.47 Å². The summed E-state index contributed by atoms with van der Waals surface area (Å²) in [6, 6.07) is 12.2. The molecule has 0 spiro atoms. The van der Waals surface area contributed by atoms with E-state index in [-0.39, 0.29) is 23.3 Å². The molecule has 0 bridgehead atoms. The molecule has 2 aromatic carbocycles. The van der Waals surface area contributed by atoms with Crippen LogP contribution in [0.25, 0.3) is 0 Å². The predicted octanol–water partition coefficient (Wildman–Crippen LogP) is 3.68. The van der Waals surface area contributed by atoms with Gasteiger partial charge in [0.2, 0.25) is 0 Å². The molecule has 0 aliphatic carbocycles. The number of rotatable bonds is 3. The number of aromatic hydroxyl groups is 1. The zero-order valence-corrected chi connectivity index (χ0v) is 15.5. The highest BCUT2D eigenvalue weighted by Crippen LogP contribution is 2.32. The molecular weight excluding hydrogens is 386 g/mol. The van der Waals surface area contributed by atoms with Crippen LogP contribution in [0.4, 0.5) is 5.69 Å². The van der Waals surface area contributed by atoms with Crippen LogP contribution >= 0.6 is 15.9 Å². The molecule has 2 aromatic rings. The van der Waals surface area contributed by atoms with Crippen LogP contribution in [0.1, 0.15) is 29.8 Å². The van der Waals surface area contributed by atoms with E-state index in [9.17, 15) is 14.7 Å². The van der Waals surface area contributed by atoms with Gasteiger partial charge >= 0.3 is 5.97 Å². The number of ether oxygens (including phenoxy) is 1. The lowest BCUT2D eigenvalue weighted by Crippen LogP contribution is -2.43. The maximum absolute atomic E-state index is 12.8. The van der Waals surface area contributed by atoms with E-state index < -0.39 is 12.1 Å². The van der Waals surface area contributed by atoms with Gasteiger partial charge < -0.3 is 14.7 Å². The Labute approximate surface area is 154 Å². The number of fused-ring (bicyclic) bond motifs is 1. The Hall–Kier alpha value is -2.34. The molecule has 5 nitrogen and oxygen atoms in total. The molecule has 2 atom stereocenters. The van der Waals surface area contributed by atoms with E-state index in [1.165, 1.54) is 12.1 Å². The van der Waals surface area contributed by atoms with Crippen molar-refractivity contribution in [1.29, 1.82) is 0 Å². The largest absolute Gasteiger partial charge is 0.507 e. The van der Waals surface area contributed by atoms with Crippen LogP contribution in [-0.4, -0.2) is 29.1 Å². The van der Waals surface area contributed by atoms with Crippen LogP contribution in [0.15, 0.2) is 46.9 Å². The van der Waals surface area contributed by atoms with Crippen LogP contribution in [0.2, 0.25) is 0 Å². The SMILES string of the molecule is C[C@H](OC(=O)c1cc(Br)ccc1O)C(=O)N1c2ccccc2C[C@H]1C. The second kappa shape index (κ2) is 6.88. The summed E-state index contributed by atoms with van der Waals surface area (Å²) < 4.78 is 5.94. The van der Waals surface area contributed by atoms with Gasteiger partial charge in [-0.3, -0.25) is 4.79 Å². The molecule has 0 saturated carbocycles. The number of hydrogen-bond acceptors (Lipinski definition) is 4. The van der Waals surface area contributed by atoms with Crippen molar-refractivity contribution in [2.75, 3.05) is 4.90 Å². The molecule has 1 amide bonds. The lowest BCUT2D eigenvalue weighted by atomic mass is 10.1. The first-order chi connectivity index (χ1) is 11.9. The van der Waals surface area contributed by atoms with Crippen LogP contribution < -0.4 is 4.90 Å². The number of amides is 1. The maximum atomic E-state index is 12.8. The third-order valence-electron chi connectivity index (χ3n) is 4.25. The zero-order valence-electron chi connectivity index (χ0n) is 13.9. The summed E-state index contributed by atoms with van der Waals surface area (Å²) >= 11 is 3.25. The molecule has 1 aliphatic rings. The van der Waals surface area contributed by atoms with Gasteiger partial charge in [-0.25, -0.2) is 4.79 Å². The lowest BCUT2D eigenvalue weighted by molar-refractivity contribution is -0.126. The number of benzene rings is 2. The number of nitrogens with zero attached hydrogens (tertiary/aromatic N) is 1. The van der Waals surface area contributed by atoms with Gasteiger partial charge in [-0.05, 0) is 50.1 Å². The maximum Gasteiger partial charge on any atom is 0.342 e. The van der Waals surface area contributed by atoms with E-state index >= 15 is 0 Å². The number of hydrogen-bond donors (Lipinski definition) is 1. The molecule has 6 heteroatoms. The molecule has 1 heterocycles. The van der Waals surface area contributed by atoms with Gasteiger partial charge in [-0.2, -0.15) is 0 Å². The fraction of sp³-hybridized carbons (Fsp3) is 0.263. The number of carbonyl (C=O) groups is 2. The molecule has 25 heavy (non-hydrogen) atoms. The summed E-state index contributed by atoms with van der Waals surface area (Å²) in [6.07, 6.45) is -0.186. The Morgan fingerprint density at radius 2 is 2.00 bits per heavy atom. The van der Waals surface area contributed by atoms with Crippen LogP contribution in [0.5, 0.6) is 5.75 Å². The van der Waals surface area contributed by atoms with Crippen molar-refractivity contribution in [2.24, 2.45) is 0 Å². The summed E-state index contributed by atoms with van der Waals surface area (Å²) in [5.74, 6) is -1.20. The summed E-state index contributed by atoms with van der Waals surface area (Å²) in [6.45, 7) is 3.51. The Kier molecular flexibility index (Phi) is 4.81. The highest BCUT2D eigenvalue weighted by atomic mass is 79.9. The predicted molar refractivity (Wildman–Crippen MR) is 97.8 cm³/mol. The minimum Gasteiger partial charge on any atom is -0.507 e.